The first-order valence-electron chi connectivity index (χ1n) is 4.45. The summed E-state index contributed by atoms with van der Waals surface area (Å²) in [4.78, 5) is 10.2. The summed E-state index contributed by atoms with van der Waals surface area (Å²) in [5.74, 6) is -0.242. The summed E-state index contributed by atoms with van der Waals surface area (Å²) in [5, 5.41) is 15.8. The molecule has 0 fully saturated rings. The van der Waals surface area contributed by atoms with Crippen LogP contribution in [-0.4, -0.2) is 21.3 Å². The number of rotatable bonds is 5. The van der Waals surface area contributed by atoms with Crippen molar-refractivity contribution in [3.05, 3.63) is 17.9 Å². The molecule has 0 radical (unpaired) electrons. The topological polar surface area (TPSA) is 76.2 Å². The number of hydrogen-bond donors (Lipinski definition) is 1. The fourth-order valence-corrected chi connectivity index (χ4v) is 0.906. The minimum atomic E-state index is -1.03. The molecule has 0 aliphatic carbocycles. The number of carbonyl (C=O) groups is 1. The van der Waals surface area contributed by atoms with E-state index in [-0.39, 0.29) is 5.89 Å². The van der Waals surface area contributed by atoms with E-state index in [2.05, 4.69) is 17.1 Å². The molecule has 14 heavy (non-hydrogen) atoms. The molecule has 0 unspecified atom stereocenters. The molecule has 5 heteroatoms. The van der Waals surface area contributed by atoms with Crippen LogP contribution in [0.3, 0.4) is 0 Å². The third-order valence-corrected chi connectivity index (χ3v) is 1.60. The Hall–Kier alpha value is -1.65. The van der Waals surface area contributed by atoms with Crippen LogP contribution in [0.4, 0.5) is 0 Å². The lowest BCUT2D eigenvalue weighted by Gasteiger charge is -1.88. The second-order valence-corrected chi connectivity index (χ2v) is 2.81. The zero-order valence-electron chi connectivity index (χ0n) is 7.93. The lowest BCUT2D eigenvalue weighted by Crippen LogP contribution is -1.85. The summed E-state index contributed by atoms with van der Waals surface area (Å²) >= 11 is 0. The fraction of sp³-hybridized carbons (Fsp3) is 0.444. The largest absolute Gasteiger partial charge is 0.478 e. The third kappa shape index (κ3) is 3.38. The van der Waals surface area contributed by atoms with Gasteiger partial charge in [-0.05, 0) is 6.42 Å². The van der Waals surface area contributed by atoms with Gasteiger partial charge < -0.3 is 9.52 Å². The van der Waals surface area contributed by atoms with Crippen LogP contribution in [-0.2, 0) is 11.2 Å². The highest BCUT2D eigenvalue weighted by molar-refractivity contribution is 5.84. The standard InChI is InChI=1S/C9H12N2O3/c1-2-3-4-7-10-11-8(14-7)5-6-9(12)13/h5-6H,2-4H2,1H3,(H,12,13)/b6-5+. The van der Waals surface area contributed by atoms with Crippen LogP contribution in [0.2, 0.25) is 0 Å². The van der Waals surface area contributed by atoms with Crippen molar-refractivity contribution in [3.63, 3.8) is 0 Å². The van der Waals surface area contributed by atoms with Gasteiger partial charge in [-0.25, -0.2) is 4.79 Å². The van der Waals surface area contributed by atoms with Crippen LogP contribution >= 0.6 is 0 Å². The average Bonchev–Trinajstić information content (AvgIpc) is 2.59. The molecule has 0 atom stereocenters. The van der Waals surface area contributed by atoms with E-state index in [1.54, 1.807) is 0 Å². The molecule has 5 nitrogen and oxygen atoms in total. The van der Waals surface area contributed by atoms with Gasteiger partial charge in [0.05, 0.1) is 0 Å². The molecule has 1 rings (SSSR count). The summed E-state index contributed by atoms with van der Waals surface area (Å²) in [6.45, 7) is 2.07. The van der Waals surface area contributed by atoms with Crippen LogP contribution in [0.25, 0.3) is 6.08 Å². The molecular formula is C9H12N2O3. The molecule has 1 aromatic rings. The normalized spacial score (nSPS) is 10.9. The summed E-state index contributed by atoms with van der Waals surface area (Å²) in [7, 11) is 0. The molecule has 1 N–H and O–H groups in total. The van der Waals surface area contributed by atoms with Crippen LogP contribution < -0.4 is 0 Å². The third-order valence-electron chi connectivity index (χ3n) is 1.60. The van der Waals surface area contributed by atoms with Gasteiger partial charge in [-0.1, -0.05) is 13.3 Å². The van der Waals surface area contributed by atoms with Crippen LogP contribution in [0.1, 0.15) is 31.5 Å². The Balaban J connectivity index is 2.54. The highest BCUT2D eigenvalue weighted by Gasteiger charge is 2.02. The molecule has 0 bridgehead atoms. The van der Waals surface area contributed by atoms with Gasteiger partial charge in [0.25, 0.3) is 0 Å². The molecule has 0 amide bonds. The van der Waals surface area contributed by atoms with Crippen LogP contribution in [0, 0.1) is 0 Å². The van der Waals surface area contributed by atoms with E-state index in [9.17, 15) is 4.79 Å². The minimum absolute atomic E-state index is 0.235. The number of carboxylic acids is 1. The predicted octanol–water partition coefficient (Wildman–Crippen LogP) is 1.51. The van der Waals surface area contributed by atoms with Gasteiger partial charge in [0, 0.05) is 18.6 Å². The summed E-state index contributed by atoms with van der Waals surface area (Å²) in [6, 6.07) is 0. The quantitative estimate of drug-likeness (QED) is 0.722. The van der Waals surface area contributed by atoms with E-state index in [0.717, 1.165) is 25.3 Å². The molecule has 1 heterocycles. The van der Waals surface area contributed by atoms with E-state index < -0.39 is 5.97 Å². The van der Waals surface area contributed by atoms with Gasteiger partial charge in [-0.15, -0.1) is 10.2 Å². The molecule has 76 valence electrons. The zero-order valence-corrected chi connectivity index (χ0v) is 7.93. The van der Waals surface area contributed by atoms with Crippen molar-refractivity contribution < 1.29 is 14.3 Å². The zero-order chi connectivity index (χ0) is 10.4. The highest BCUT2D eigenvalue weighted by atomic mass is 16.4. The maximum Gasteiger partial charge on any atom is 0.328 e. The van der Waals surface area contributed by atoms with E-state index >= 15 is 0 Å². The maximum absolute atomic E-state index is 10.2. The van der Waals surface area contributed by atoms with Crippen molar-refractivity contribution in [3.8, 4) is 0 Å². The van der Waals surface area contributed by atoms with Crippen molar-refractivity contribution in [1.29, 1.82) is 0 Å². The average molecular weight is 196 g/mol. The highest BCUT2D eigenvalue weighted by Crippen LogP contribution is 2.05. The summed E-state index contributed by atoms with van der Waals surface area (Å²) in [5.41, 5.74) is 0. The second-order valence-electron chi connectivity index (χ2n) is 2.81. The van der Waals surface area contributed by atoms with Gasteiger partial charge in [-0.3, -0.25) is 0 Å². The SMILES string of the molecule is CCCCc1nnc(/C=C/C(=O)O)o1. The van der Waals surface area contributed by atoms with Crippen molar-refractivity contribution in [2.24, 2.45) is 0 Å². The lowest BCUT2D eigenvalue weighted by molar-refractivity contribution is -0.131. The molecule has 0 saturated heterocycles. The van der Waals surface area contributed by atoms with Gasteiger partial charge >= 0.3 is 5.97 Å². The van der Waals surface area contributed by atoms with E-state index in [1.807, 2.05) is 0 Å². The molecule has 0 aromatic carbocycles. The monoisotopic (exact) mass is 196 g/mol. The number of aryl methyl sites for hydroxylation is 1. The van der Waals surface area contributed by atoms with Crippen molar-refractivity contribution in [2.45, 2.75) is 26.2 Å². The number of aromatic nitrogens is 2. The van der Waals surface area contributed by atoms with Gasteiger partial charge in [0.15, 0.2) is 0 Å². The smallest absolute Gasteiger partial charge is 0.328 e. The summed E-state index contributed by atoms with van der Waals surface area (Å²) in [6.07, 6.45) is 5.04. The Labute approximate surface area is 81.5 Å². The van der Waals surface area contributed by atoms with Gasteiger partial charge in [-0.2, -0.15) is 0 Å². The lowest BCUT2D eigenvalue weighted by atomic mass is 10.2. The first kappa shape index (κ1) is 10.4. The first-order chi connectivity index (χ1) is 6.72. The second kappa shape index (κ2) is 5.16. The van der Waals surface area contributed by atoms with Crippen LogP contribution in [0.15, 0.2) is 10.5 Å². The Morgan fingerprint density at radius 3 is 3.00 bits per heavy atom. The van der Waals surface area contributed by atoms with Gasteiger partial charge in [0.1, 0.15) is 0 Å². The fourth-order valence-electron chi connectivity index (χ4n) is 0.906. The van der Waals surface area contributed by atoms with Crippen molar-refractivity contribution >= 4 is 12.0 Å². The number of unbranched alkanes of at least 4 members (excludes halogenated alkanes) is 1. The number of nitrogens with zero attached hydrogens (tertiary/aromatic N) is 2. The first-order valence-corrected chi connectivity index (χ1v) is 4.45. The number of carboxylic acid groups (broad SMARTS) is 1. The Kier molecular flexibility index (Phi) is 3.84. The molecule has 1 aromatic heterocycles. The predicted molar refractivity (Wildman–Crippen MR) is 49.6 cm³/mol. The summed E-state index contributed by atoms with van der Waals surface area (Å²) < 4.78 is 5.16. The van der Waals surface area contributed by atoms with Crippen molar-refractivity contribution in [2.75, 3.05) is 0 Å². The molecule has 0 aliphatic rings. The maximum atomic E-state index is 10.2. The molecule has 0 aliphatic heterocycles. The van der Waals surface area contributed by atoms with E-state index in [4.69, 9.17) is 9.52 Å². The van der Waals surface area contributed by atoms with E-state index in [0.29, 0.717) is 5.89 Å². The number of aliphatic carboxylic acids is 1. The molecule has 0 spiro atoms. The number of hydrogen-bond acceptors (Lipinski definition) is 4. The minimum Gasteiger partial charge on any atom is -0.478 e. The van der Waals surface area contributed by atoms with Crippen LogP contribution in [0.5, 0.6) is 0 Å². The van der Waals surface area contributed by atoms with Crippen molar-refractivity contribution in [1.82, 2.24) is 10.2 Å². The Bertz CT molecular complexity index is 331. The van der Waals surface area contributed by atoms with Gasteiger partial charge in [0.2, 0.25) is 11.8 Å². The molecular weight excluding hydrogens is 184 g/mol. The van der Waals surface area contributed by atoms with E-state index in [1.165, 1.54) is 6.08 Å². The Morgan fingerprint density at radius 1 is 1.57 bits per heavy atom. The molecule has 0 saturated carbocycles. The Morgan fingerprint density at radius 2 is 2.36 bits per heavy atom.